The fraction of sp³-hybridized carbons (Fsp3) is 0.312. The highest BCUT2D eigenvalue weighted by Crippen LogP contribution is 2.29. The van der Waals surface area contributed by atoms with Crippen molar-refractivity contribution in [3.8, 4) is 17.6 Å². The number of hydrogen-bond acceptors (Lipinski definition) is 6. The maximum Gasteiger partial charge on any atom is 0.124 e. The normalized spacial score (nSPS) is 11.7. The lowest BCUT2D eigenvalue weighted by molar-refractivity contribution is 0.170. The Kier molecular flexibility index (Phi) is 5.78. The van der Waals surface area contributed by atoms with Crippen LogP contribution in [0.1, 0.15) is 22.1 Å². The molecule has 0 aliphatic heterocycles. The van der Waals surface area contributed by atoms with Crippen molar-refractivity contribution >= 4 is 11.3 Å². The van der Waals surface area contributed by atoms with Gasteiger partial charge in [0.15, 0.2) is 0 Å². The largest absolute Gasteiger partial charge is 0.497 e. The quantitative estimate of drug-likeness (QED) is 0.820. The van der Waals surface area contributed by atoms with Crippen LogP contribution >= 0.6 is 11.3 Å². The van der Waals surface area contributed by atoms with E-state index in [0.29, 0.717) is 35.7 Å². The van der Waals surface area contributed by atoms with Crippen molar-refractivity contribution in [1.29, 1.82) is 5.26 Å². The van der Waals surface area contributed by atoms with Gasteiger partial charge in [0.05, 0.1) is 25.9 Å². The number of thiophene rings is 1. The molecule has 1 unspecified atom stereocenters. The smallest absolute Gasteiger partial charge is 0.124 e. The lowest BCUT2D eigenvalue weighted by atomic mass is 10.1. The first-order chi connectivity index (χ1) is 10.7. The summed E-state index contributed by atoms with van der Waals surface area (Å²) in [4.78, 5) is 1.06. The van der Waals surface area contributed by atoms with Gasteiger partial charge in [0, 0.05) is 28.9 Å². The van der Waals surface area contributed by atoms with Gasteiger partial charge in [0.25, 0.3) is 0 Å². The second kappa shape index (κ2) is 7.80. The molecule has 1 aromatic heterocycles. The summed E-state index contributed by atoms with van der Waals surface area (Å²) in [5.41, 5.74) is 1.34. The molecule has 0 saturated heterocycles. The van der Waals surface area contributed by atoms with Gasteiger partial charge in [-0.15, -0.1) is 11.3 Å². The van der Waals surface area contributed by atoms with Crippen molar-refractivity contribution in [3.05, 3.63) is 45.6 Å². The van der Waals surface area contributed by atoms with Crippen molar-refractivity contribution in [2.24, 2.45) is 0 Å². The van der Waals surface area contributed by atoms with E-state index in [9.17, 15) is 5.11 Å². The number of benzene rings is 1. The molecule has 22 heavy (non-hydrogen) atoms. The summed E-state index contributed by atoms with van der Waals surface area (Å²) >= 11 is 1.52. The van der Waals surface area contributed by atoms with Crippen LogP contribution < -0.4 is 14.8 Å². The van der Waals surface area contributed by atoms with E-state index >= 15 is 0 Å². The standard InChI is InChI=1S/C16H18N2O3S/c1-20-12-3-4-16(21-2)14(6-12)15(19)9-18-8-13-5-11(7-17)10-22-13/h3-6,10,15,18-19H,8-9H2,1-2H3. The van der Waals surface area contributed by atoms with E-state index in [2.05, 4.69) is 11.4 Å². The molecule has 0 bridgehead atoms. The molecule has 0 aliphatic carbocycles. The van der Waals surface area contributed by atoms with Gasteiger partial charge in [-0.3, -0.25) is 0 Å². The van der Waals surface area contributed by atoms with Crippen LogP contribution in [0.5, 0.6) is 11.5 Å². The minimum atomic E-state index is -0.708. The Balaban J connectivity index is 1.96. The Morgan fingerprint density at radius 3 is 2.77 bits per heavy atom. The third-order valence-electron chi connectivity index (χ3n) is 3.22. The highest BCUT2D eigenvalue weighted by atomic mass is 32.1. The molecule has 116 valence electrons. The monoisotopic (exact) mass is 318 g/mol. The minimum absolute atomic E-state index is 0.378. The second-order valence-electron chi connectivity index (χ2n) is 4.67. The van der Waals surface area contributed by atoms with Crippen LogP contribution in [-0.4, -0.2) is 25.9 Å². The number of rotatable bonds is 7. The Labute approximate surface area is 133 Å². The van der Waals surface area contributed by atoms with Gasteiger partial charge in [-0.1, -0.05) is 0 Å². The zero-order chi connectivity index (χ0) is 15.9. The topological polar surface area (TPSA) is 74.5 Å². The molecule has 1 atom stereocenters. The van der Waals surface area contributed by atoms with Crippen LogP contribution in [0.3, 0.4) is 0 Å². The van der Waals surface area contributed by atoms with Gasteiger partial charge < -0.3 is 19.9 Å². The Bertz CT molecular complexity index is 664. The molecular weight excluding hydrogens is 300 g/mol. The van der Waals surface area contributed by atoms with Crippen LogP contribution in [-0.2, 0) is 6.54 Å². The van der Waals surface area contributed by atoms with Gasteiger partial charge in [0.2, 0.25) is 0 Å². The fourth-order valence-electron chi connectivity index (χ4n) is 2.07. The third-order valence-corrected chi connectivity index (χ3v) is 4.15. The van der Waals surface area contributed by atoms with Gasteiger partial charge in [-0.2, -0.15) is 5.26 Å². The predicted octanol–water partition coefficient (Wildman–Crippen LogP) is 2.46. The summed E-state index contributed by atoms with van der Waals surface area (Å²) in [6.07, 6.45) is -0.708. The molecule has 0 spiro atoms. The van der Waals surface area contributed by atoms with Gasteiger partial charge in [0.1, 0.15) is 17.6 Å². The van der Waals surface area contributed by atoms with E-state index in [-0.39, 0.29) is 0 Å². The van der Waals surface area contributed by atoms with Crippen LogP contribution in [0, 0.1) is 11.3 Å². The number of hydrogen-bond donors (Lipinski definition) is 2. The first-order valence-electron chi connectivity index (χ1n) is 6.76. The predicted molar refractivity (Wildman–Crippen MR) is 85.2 cm³/mol. The van der Waals surface area contributed by atoms with Crippen molar-refractivity contribution < 1.29 is 14.6 Å². The summed E-state index contributed by atoms with van der Waals surface area (Å²) < 4.78 is 10.4. The molecule has 2 rings (SSSR count). The number of methoxy groups -OCH3 is 2. The van der Waals surface area contributed by atoms with Gasteiger partial charge in [-0.05, 0) is 24.3 Å². The first kappa shape index (κ1) is 16.3. The number of aliphatic hydroxyl groups excluding tert-OH is 1. The van der Waals surface area contributed by atoms with Crippen molar-refractivity contribution in [1.82, 2.24) is 5.32 Å². The number of nitrogens with one attached hydrogen (secondary N) is 1. The molecule has 1 aromatic carbocycles. The molecule has 0 saturated carbocycles. The molecule has 6 heteroatoms. The summed E-state index contributed by atoms with van der Waals surface area (Å²) in [5, 5.41) is 24.1. The molecule has 0 amide bonds. The SMILES string of the molecule is COc1ccc(OC)c(C(O)CNCc2cc(C#N)cs2)c1. The van der Waals surface area contributed by atoms with Gasteiger partial charge >= 0.3 is 0 Å². The van der Waals surface area contributed by atoms with Crippen LogP contribution in [0.2, 0.25) is 0 Å². The molecule has 0 aliphatic rings. The Hall–Kier alpha value is -2.07. The number of nitriles is 1. The number of ether oxygens (including phenoxy) is 2. The Morgan fingerprint density at radius 2 is 2.14 bits per heavy atom. The summed E-state index contributed by atoms with van der Waals surface area (Å²) in [6, 6.07) is 9.28. The van der Waals surface area contributed by atoms with Crippen LogP contribution in [0.15, 0.2) is 29.6 Å². The summed E-state index contributed by atoms with van der Waals surface area (Å²) in [7, 11) is 3.15. The fourth-order valence-corrected chi connectivity index (χ4v) is 2.85. The second-order valence-corrected chi connectivity index (χ2v) is 5.66. The van der Waals surface area contributed by atoms with Crippen LogP contribution in [0.4, 0.5) is 0 Å². The molecule has 2 aromatic rings. The average Bonchev–Trinajstić information content (AvgIpc) is 3.02. The molecule has 2 N–H and O–H groups in total. The minimum Gasteiger partial charge on any atom is -0.497 e. The molecular formula is C16H18N2O3S. The highest BCUT2D eigenvalue weighted by molar-refractivity contribution is 7.10. The third kappa shape index (κ3) is 3.98. The van der Waals surface area contributed by atoms with Crippen molar-refractivity contribution in [2.45, 2.75) is 12.6 Å². The van der Waals surface area contributed by atoms with E-state index in [1.165, 1.54) is 11.3 Å². The Morgan fingerprint density at radius 1 is 1.32 bits per heavy atom. The lowest BCUT2D eigenvalue weighted by Gasteiger charge is -2.16. The zero-order valence-corrected chi connectivity index (χ0v) is 13.3. The van der Waals surface area contributed by atoms with E-state index in [0.717, 1.165) is 4.88 Å². The lowest BCUT2D eigenvalue weighted by Crippen LogP contribution is -2.21. The number of nitrogens with zero attached hydrogens (tertiary/aromatic N) is 1. The maximum absolute atomic E-state index is 10.3. The molecule has 1 heterocycles. The van der Waals surface area contributed by atoms with Crippen molar-refractivity contribution in [2.75, 3.05) is 20.8 Å². The first-order valence-corrected chi connectivity index (χ1v) is 7.64. The average molecular weight is 318 g/mol. The maximum atomic E-state index is 10.3. The van der Waals surface area contributed by atoms with Crippen molar-refractivity contribution in [3.63, 3.8) is 0 Å². The highest BCUT2D eigenvalue weighted by Gasteiger charge is 2.14. The summed E-state index contributed by atoms with van der Waals surface area (Å²) in [6.45, 7) is 0.985. The van der Waals surface area contributed by atoms with Crippen LogP contribution in [0.25, 0.3) is 0 Å². The number of aliphatic hydroxyl groups is 1. The van der Waals surface area contributed by atoms with E-state index in [4.69, 9.17) is 14.7 Å². The van der Waals surface area contributed by atoms with E-state index in [1.54, 1.807) is 32.4 Å². The van der Waals surface area contributed by atoms with E-state index in [1.807, 2.05) is 11.4 Å². The summed E-state index contributed by atoms with van der Waals surface area (Å²) in [5.74, 6) is 1.30. The zero-order valence-electron chi connectivity index (χ0n) is 12.5. The van der Waals surface area contributed by atoms with Gasteiger partial charge in [-0.25, -0.2) is 0 Å². The molecule has 5 nitrogen and oxygen atoms in total. The molecule has 0 radical (unpaired) electrons. The molecule has 0 fully saturated rings. The van der Waals surface area contributed by atoms with E-state index < -0.39 is 6.10 Å².